The summed E-state index contributed by atoms with van der Waals surface area (Å²) in [4.78, 5) is 0. The minimum absolute atomic E-state index is 0.881. The molecule has 1 aromatic carbocycles. The molecule has 2 aromatic rings. The molecule has 1 heterocycles. The van der Waals surface area contributed by atoms with Crippen LogP contribution in [0.15, 0.2) is 28.8 Å². The van der Waals surface area contributed by atoms with Crippen molar-refractivity contribution in [2.45, 2.75) is 20.8 Å². The Morgan fingerprint density at radius 1 is 1.14 bits per heavy atom. The molecule has 0 aliphatic rings. The molecule has 0 bridgehead atoms. The van der Waals surface area contributed by atoms with E-state index in [2.05, 4.69) is 24.2 Å². The van der Waals surface area contributed by atoms with Crippen LogP contribution in [-0.4, -0.2) is 5.16 Å². The maximum Gasteiger partial charge on any atom is 0.170 e. The van der Waals surface area contributed by atoms with Crippen molar-refractivity contribution in [2.24, 2.45) is 0 Å². The second kappa shape index (κ2) is 3.29. The Morgan fingerprint density at radius 2 is 1.93 bits per heavy atom. The zero-order valence-electron chi connectivity index (χ0n) is 8.66. The molecule has 0 fully saturated rings. The lowest BCUT2D eigenvalue weighted by Crippen LogP contribution is -1.80. The predicted molar refractivity (Wildman–Crippen MR) is 56.2 cm³/mol. The van der Waals surface area contributed by atoms with Gasteiger partial charge in [-0.1, -0.05) is 28.9 Å². The van der Waals surface area contributed by atoms with Crippen molar-refractivity contribution < 1.29 is 4.52 Å². The van der Waals surface area contributed by atoms with Crippen molar-refractivity contribution in [1.29, 1.82) is 0 Å². The normalized spacial score (nSPS) is 10.5. The van der Waals surface area contributed by atoms with Crippen LogP contribution < -0.4 is 0 Å². The average molecular weight is 187 g/mol. The minimum atomic E-state index is 0.881. The van der Waals surface area contributed by atoms with Gasteiger partial charge in [-0.15, -0.1) is 0 Å². The summed E-state index contributed by atoms with van der Waals surface area (Å²) >= 11 is 0. The topological polar surface area (TPSA) is 26.0 Å². The minimum Gasteiger partial charge on any atom is -0.356 e. The molecule has 0 unspecified atom stereocenters. The van der Waals surface area contributed by atoms with E-state index >= 15 is 0 Å². The number of rotatable bonds is 1. The largest absolute Gasteiger partial charge is 0.356 e. The number of nitrogens with zero attached hydrogens (tertiary/aromatic N) is 1. The highest BCUT2D eigenvalue weighted by Gasteiger charge is 2.09. The maximum atomic E-state index is 5.29. The summed E-state index contributed by atoms with van der Waals surface area (Å²) < 4.78 is 5.29. The summed E-state index contributed by atoms with van der Waals surface area (Å²) in [6.45, 7) is 6.06. The fourth-order valence-corrected chi connectivity index (χ4v) is 1.47. The molecule has 0 spiro atoms. The summed E-state index contributed by atoms with van der Waals surface area (Å²) in [5.41, 5.74) is 4.41. The van der Waals surface area contributed by atoms with Crippen LogP contribution in [0.2, 0.25) is 0 Å². The first-order chi connectivity index (χ1) is 6.68. The zero-order chi connectivity index (χ0) is 10.1. The summed E-state index contributed by atoms with van der Waals surface area (Å²) in [6.07, 6.45) is 0. The van der Waals surface area contributed by atoms with Gasteiger partial charge >= 0.3 is 0 Å². The van der Waals surface area contributed by atoms with Gasteiger partial charge in [0.05, 0.1) is 5.69 Å². The molecule has 0 radical (unpaired) electrons. The Bertz CT molecular complexity index is 457. The van der Waals surface area contributed by atoms with E-state index in [1.807, 2.05) is 26.0 Å². The zero-order valence-corrected chi connectivity index (χ0v) is 8.66. The van der Waals surface area contributed by atoms with Crippen molar-refractivity contribution in [3.63, 3.8) is 0 Å². The third-order valence-corrected chi connectivity index (χ3v) is 2.44. The SMILES string of the molecule is Cc1cccc(-c2onc(C)c2C)c1. The number of hydrogen-bond acceptors (Lipinski definition) is 2. The summed E-state index contributed by atoms with van der Waals surface area (Å²) in [5, 5.41) is 3.95. The van der Waals surface area contributed by atoms with E-state index in [1.54, 1.807) is 0 Å². The van der Waals surface area contributed by atoms with Crippen LogP contribution in [0.25, 0.3) is 11.3 Å². The molecule has 2 nitrogen and oxygen atoms in total. The van der Waals surface area contributed by atoms with Crippen molar-refractivity contribution in [2.75, 3.05) is 0 Å². The first-order valence-electron chi connectivity index (χ1n) is 4.68. The Labute approximate surface area is 83.5 Å². The van der Waals surface area contributed by atoms with E-state index in [0.29, 0.717) is 0 Å². The van der Waals surface area contributed by atoms with E-state index in [9.17, 15) is 0 Å². The molecule has 0 saturated carbocycles. The van der Waals surface area contributed by atoms with Crippen molar-refractivity contribution in [3.05, 3.63) is 41.1 Å². The molecule has 1 aromatic heterocycles. The van der Waals surface area contributed by atoms with Crippen LogP contribution in [0.1, 0.15) is 16.8 Å². The Morgan fingerprint density at radius 3 is 2.50 bits per heavy atom. The fourth-order valence-electron chi connectivity index (χ4n) is 1.47. The third-order valence-electron chi connectivity index (χ3n) is 2.44. The predicted octanol–water partition coefficient (Wildman–Crippen LogP) is 3.27. The maximum absolute atomic E-state index is 5.29. The smallest absolute Gasteiger partial charge is 0.170 e. The lowest BCUT2D eigenvalue weighted by atomic mass is 10.1. The van der Waals surface area contributed by atoms with Crippen LogP contribution >= 0.6 is 0 Å². The van der Waals surface area contributed by atoms with Crippen molar-refractivity contribution in [1.82, 2.24) is 5.16 Å². The average Bonchev–Trinajstić information content (AvgIpc) is 2.48. The molecule has 0 N–H and O–H groups in total. The molecular formula is C12H13NO. The molecule has 0 aliphatic heterocycles. The van der Waals surface area contributed by atoms with Gasteiger partial charge < -0.3 is 4.52 Å². The standard InChI is InChI=1S/C12H13NO/c1-8-5-4-6-11(7-8)12-9(2)10(3)13-14-12/h4-7H,1-3H3. The van der Waals surface area contributed by atoms with E-state index in [1.165, 1.54) is 5.56 Å². The second-order valence-corrected chi connectivity index (χ2v) is 3.59. The Balaban J connectivity index is 2.55. The molecule has 0 saturated heterocycles. The van der Waals surface area contributed by atoms with Gasteiger partial charge in [0.1, 0.15) is 0 Å². The monoisotopic (exact) mass is 187 g/mol. The highest BCUT2D eigenvalue weighted by molar-refractivity contribution is 5.62. The van der Waals surface area contributed by atoms with Gasteiger partial charge in [-0.25, -0.2) is 0 Å². The van der Waals surface area contributed by atoms with Crippen LogP contribution in [0.3, 0.4) is 0 Å². The van der Waals surface area contributed by atoms with Gasteiger partial charge in [0.25, 0.3) is 0 Å². The third kappa shape index (κ3) is 1.43. The summed E-state index contributed by atoms with van der Waals surface area (Å²) in [7, 11) is 0. The molecule has 2 heteroatoms. The van der Waals surface area contributed by atoms with E-state index in [4.69, 9.17) is 4.52 Å². The first-order valence-corrected chi connectivity index (χ1v) is 4.68. The van der Waals surface area contributed by atoms with Gasteiger partial charge in [-0.2, -0.15) is 0 Å². The summed E-state index contributed by atoms with van der Waals surface area (Å²) in [6, 6.07) is 8.25. The molecule has 72 valence electrons. The van der Waals surface area contributed by atoms with Crippen LogP contribution in [-0.2, 0) is 0 Å². The van der Waals surface area contributed by atoms with Crippen molar-refractivity contribution >= 4 is 0 Å². The molecule has 14 heavy (non-hydrogen) atoms. The molecule has 0 aliphatic carbocycles. The van der Waals surface area contributed by atoms with Crippen LogP contribution in [0.5, 0.6) is 0 Å². The quantitative estimate of drug-likeness (QED) is 0.684. The van der Waals surface area contributed by atoms with Gasteiger partial charge in [0.2, 0.25) is 0 Å². The van der Waals surface area contributed by atoms with Crippen LogP contribution in [0, 0.1) is 20.8 Å². The molecule has 0 amide bonds. The van der Waals surface area contributed by atoms with Gasteiger partial charge in [0.15, 0.2) is 5.76 Å². The highest BCUT2D eigenvalue weighted by Crippen LogP contribution is 2.25. The van der Waals surface area contributed by atoms with Gasteiger partial charge in [-0.05, 0) is 26.8 Å². The number of hydrogen-bond donors (Lipinski definition) is 0. The van der Waals surface area contributed by atoms with Gasteiger partial charge in [0, 0.05) is 11.1 Å². The Kier molecular flexibility index (Phi) is 2.12. The molecular weight excluding hydrogens is 174 g/mol. The van der Waals surface area contributed by atoms with E-state index < -0.39 is 0 Å². The van der Waals surface area contributed by atoms with E-state index in [0.717, 1.165) is 22.6 Å². The molecule has 0 atom stereocenters. The van der Waals surface area contributed by atoms with Crippen LogP contribution in [0.4, 0.5) is 0 Å². The van der Waals surface area contributed by atoms with Gasteiger partial charge in [-0.3, -0.25) is 0 Å². The molecule has 2 rings (SSSR count). The summed E-state index contributed by atoms with van der Waals surface area (Å²) in [5.74, 6) is 0.881. The van der Waals surface area contributed by atoms with E-state index in [-0.39, 0.29) is 0 Å². The lowest BCUT2D eigenvalue weighted by molar-refractivity contribution is 0.427. The first kappa shape index (κ1) is 9.00. The number of aromatic nitrogens is 1. The second-order valence-electron chi connectivity index (χ2n) is 3.59. The fraction of sp³-hybridized carbons (Fsp3) is 0.250. The Hall–Kier alpha value is -1.57. The van der Waals surface area contributed by atoms with Crippen molar-refractivity contribution in [3.8, 4) is 11.3 Å². The number of benzene rings is 1. The highest BCUT2D eigenvalue weighted by atomic mass is 16.5. The number of aryl methyl sites for hydroxylation is 2. The lowest BCUT2D eigenvalue weighted by Gasteiger charge is -1.98.